The number of nitrogens with one attached hydrogen (secondary N) is 1. The Balaban J connectivity index is 1.85. The highest BCUT2D eigenvalue weighted by Crippen LogP contribution is 2.33. The van der Waals surface area contributed by atoms with Crippen molar-refractivity contribution in [2.24, 2.45) is 0 Å². The van der Waals surface area contributed by atoms with E-state index in [0.29, 0.717) is 30.4 Å². The van der Waals surface area contributed by atoms with Gasteiger partial charge < -0.3 is 24.0 Å². The van der Waals surface area contributed by atoms with Crippen LogP contribution in [0.25, 0.3) is 16.8 Å². The summed E-state index contributed by atoms with van der Waals surface area (Å²) in [5.41, 5.74) is 1.30. The van der Waals surface area contributed by atoms with E-state index in [2.05, 4.69) is 4.98 Å². The number of fused-ring (bicyclic) bond motifs is 2. The van der Waals surface area contributed by atoms with Crippen molar-refractivity contribution in [3.8, 4) is 22.8 Å². The number of nitrogens with zero attached hydrogens (tertiary/aromatic N) is 1. The van der Waals surface area contributed by atoms with E-state index < -0.39 is 5.97 Å². The van der Waals surface area contributed by atoms with Gasteiger partial charge in [-0.1, -0.05) is 0 Å². The fraction of sp³-hybridized carbons (Fsp3) is 0.125. The number of aromatic amines is 1. The number of aromatic carboxylic acids is 1. The lowest BCUT2D eigenvalue weighted by atomic mass is 10.1. The maximum atomic E-state index is 12.2. The van der Waals surface area contributed by atoms with Crippen LogP contribution in [-0.4, -0.2) is 33.7 Å². The number of aromatic nitrogens is 2. The molecule has 0 bridgehead atoms. The van der Waals surface area contributed by atoms with E-state index in [0.717, 1.165) is 5.56 Å². The van der Waals surface area contributed by atoms with E-state index >= 15 is 0 Å². The molecular formula is C16H12N2O5. The molecule has 0 saturated carbocycles. The highest BCUT2D eigenvalue weighted by molar-refractivity contribution is 5.89. The Bertz CT molecular complexity index is 986. The minimum absolute atomic E-state index is 0.0647. The third-order valence-electron chi connectivity index (χ3n) is 3.70. The van der Waals surface area contributed by atoms with E-state index in [1.165, 1.54) is 16.7 Å². The van der Waals surface area contributed by atoms with Gasteiger partial charge in [0, 0.05) is 18.0 Å². The number of carbonyl (C=O) groups is 1. The summed E-state index contributed by atoms with van der Waals surface area (Å²) in [5.74, 6) is 0.208. The fourth-order valence-corrected chi connectivity index (χ4v) is 2.60. The lowest BCUT2D eigenvalue weighted by Crippen LogP contribution is -2.15. The second-order valence-corrected chi connectivity index (χ2v) is 5.18. The van der Waals surface area contributed by atoms with Gasteiger partial charge in [0.2, 0.25) is 0 Å². The summed E-state index contributed by atoms with van der Waals surface area (Å²) in [7, 11) is 0. The number of carboxylic acids is 1. The molecule has 7 nitrogen and oxygen atoms in total. The summed E-state index contributed by atoms with van der Waals surface area (Å²) >= 11 is 0. The van der Waals surface area contributed by atoms with Gasteiger partial charge in [-0.05, 0) is 24.3 Å². The van der Waals surface area contributed by atoms with E-state index in [-0.39, 0.29) is 16.6 Å². The zero-order valence-electron chi connectivity index (χ0n) is 11.9. The van der Waals surface area contributed by atoms with E-state index in [1.54, 1.807) is 18.3 Å². The van der Waals surface area contributed by atoms with Gasteiger partial charge in [0.15, 0.2) is 11.5 Å². The Morgan fingerprint density at radius 2 is 1.91 bits per heavy atom. The summed E-state index contributed by atoms with van der Waals surface area (Å²) in [6.45, 7) is 0.988. The molecule has 116 valence electrons. The number of H-pyrrole nitrogens is 1. The first-order valence-electron chi connectivity index (χ1n) is 7.00. The Morgan fingerprint density at radius 1 is 1.13 bits per heavy atom. The van der Waals surface area contributed by atoms with Crippen molar-refractivity contribution < 1.29 is 19.4 Å². The number of carboxylic acid groups (broad SMARTS) is 1. The van der Waals surface area contributed by atoms with Crippen LogP contribution in [-0.2, 0) is 0 Å². The van der Waals surface area contributed by atoms with Gasteiger partial charge in [-0.2, -0.15) is 0 Å². The zero-order valence-corrected chi connectivity index (χ0v) is 11.9. The average molecular weight is 312 g/mol. The van der Waals surface area contributed by atoms with Gasteiger partial charge in [-0.3, -0.25) is 4.79 Å². The molecule has 0 atom stereocenters. The van der Waals surface area contributed by atoms with Crippen LogP contribution in [0.2, 0.25) is 0 Å². The third-order valence-corrected chi connectivity index (χ3v) is 3.70. The number of rotatable bonds is 2. The zero-order chi connectivity index (χ0) is 16.0. The quantitative estimate of drug-likeness (QED) is 0.752. The summed E-state index contributed by atoms with van der Waals surface area (Å²) in [5, 5.41) is 9.04. The first-order valence-corrected chi connectivity index (χ1v) is 7.00. The van der Waals surface area contributed by atoms with Gasteiger partial charge >= 0.3 is 5.97 Å². The smallest absolute Gasteiger partial charge is 0.337 e. The van der Waals surface area contributed by atoms with Gasteiger partial charge in [0.05, 0.1) is 11.3 Å². The van der Waals surface area contributed by atoms with Crippen LogP contribution in [0.4, 0.5) is 0 Å². The predicted molar refractivity (Wildman–Crippen MR) is 81.4 cm³/mol. The molecule has 0 radical (unpaired) electrons. The maximum absolute atomic E-state index is 12.2. The van der Waals surface area contributed by atoms with Crippen molar-refractivity contribution >= 4 is 11.5 Å². The lowest BCUT2D eigenvalue weighted by molar-refractivity contribution is 0.0697. The Labute approximate surface area is 129 Å². The van der Waals surface area contributed by atoms with Gasteiger partial charge in [0.25, 0.3) is 5.56 Å². The van der Waals surface area contributed by atoms with Crippen LogP contribution in [0.5, 0.6) is 11.5 Å². The molecule has 1 aromatic carbocycles. The van der Waals surface area contributed by atoms with Crippen LogP contribution in [0, 0.1) is 0 Å². The molecule has 4 rings (SSSR count). The van der Waals surface area contributed by atoms with Crippen molar-refractivity contribution in [2.45, 2.75) is 0 Å². The molecule has 0 spiro atoms. The normalized spacial score (nSPS) is 13.2. The number of benzene rings is 1. The molecule has 3 aromatic rings. The Hall–Kier alpha value is -3.22. The molecule has 0 saturated heterocycles. The molecule has 3 heterocycles. The highest BCUT2D eigenvalue weighted by Gasteiger charge is 2.14. The minimum Gasteiger partial charge on any atom is -0.486 e. The van der Waals surface area contributed by atoms with E-state index in [4.69, 9.17) is 14.6 Å². The monoisotopic (exact) mass is 312 g/mol. The SMILES string of the molecule is O=C(O)c1cc2c(=O)[nH]c(-c3ccc4c(c3)OCCO4)cn2c1. The van der Waals surface area contributed by atoms with Crippen LogP contribution in [0.3, 0.4) is 0 Å². The van der Waals surface area contributed by atoms with Crippen molar-refractivity contribution in [2.75, 3.05) is 13.2 Å². The fourth-order valence-electron chi connectivity index (χ4n) is 2.60. The van der Waals surface area contributed by atoms with E-state index in [9.17, 15) is 9.59 Å². The molecule has 2 N–H and O–H groups in total. The van der Waals surface area contributed by atoms with Crippen molar-refractivity contribution in [1.29, 1.82) is 0 Å². The molecule has 7 heteroatoms. The van der Waals surface area contributed by atoms with Gasteiger partial charge in [0.1, 0.15) is 18.7 Å². The topological polar surface area (TPSA) is 93.0 Å². The molecule has 2 aromatic heterocycles. The molecule has 1 aliphatic heterocycles. The Morgan fingerprint density at radius 3 is 2.70 bits per heavy atom. The van der Waals surface area contributed by atoms with Crippen LogP contribution in [0.15, 0.2) is 41.5 Å². The number of ether oxygens (including phenoxy) is 2. The summed E-state index contributed by atoms with van der Waals surface area (Å²) in [6.07, 6.45) is 3.09. The maximum Gasteiger partial charge on any atom is 0.337 e. The number of hydrogen-bond donors (Lipinski definition) is 2. The molecular weight excluding hydrogens is 300 g/mol. The van der Waals surface area contributed by atoms with Crippen molar-refractivity contribution in [3.63, 3.8) is 0 Å². The van der Waals surface area contributed by atoms with Gasteiger partial charge in [-0.25, -0.2) is 4.79 Å². The Kier molecular flexibility index (Phi) is 2.87. The molecule has 0 aliphatic carbocycles. The van der Waals surface area contributed by atoms with Crippen molar-refractivity contribution in [3.05, 3.63) is 52.6 Å². The first-order chi connectivity index (χ1) is 11.1. The summed E-state index contributed by atoms with van der Waals surface area (Å²) in [4.78, 5) is 26.0. The minimum atomic E-state index is -1.08. The molecule has 0 fully saturated rings. The molecule has 0 amide bonds. The molecule has 0 unspecified atom stereocenters. The van der Waals surface area contributed by atoms with Gasteiger partial charge in [-0.15, -0.1) is 0 Å². The van der Waals surface area contributed by atoms with Crippen LogP contribution < -0.4 is 15.0 Å². The largest absolute Gasteiger partial charge is 0.486 e. The highest BCUT2D eigenvalue weighted by atomic mass is 16.6. The van der Waals surface area contributed by atoms with E-state index in [1.807, 2.05) is 6.07 Å². The average Bonchev–Trinajstić information content (AvgIpc) is 2.99. The first kappa shape index (κ1) is 13.4. The molecule has 1 aliphatic rings. The van der Waals surface area contributed by atoms with Crippen molar-refractivity contribution in [1.82, 2.24) is 9.38 Å². The predicted octanol–water partition coefficient (Wildman–Crippen LogP) is 1.76. The van der Waals surface area contributed by atoms with Crippen LogP contribution in [0.1, 0.15) is 10.4 Å². The molecule has 23 heavy (non-hydrogen) atoms. The number of hydrogen-bond acceptors (Lipinski definition) is 4. The summed E-state index contributed by atoms with van der Waals surface area (Å²) < 4.78 is 12.5. The van der Waals surface area contributed by atoms with Crippen LogP contribution >= 0.6 is 0 Å². The second kappa shape index (κ2) is 4.91. The summed E-state index contributed by atoms with van der Waals surface area (Å²) in [6, 6.07) is 6.72. The standard InChI is InChI=1S/C16H12N2O5/c19-15-12-5-10(16(20)21)7-18(12)8-11(17-15)9-1-2-13-14(6-9)23-4-3-22-13/h1-2,5-8H,3-4H2,(H,17,19)(H,20,21). The second-order valence-electron chi connectivity index (χ2n) is 5.18. The lowest BCUT2D eigenvalue weighted by Gasteiger charge is -2.18. The third kappa shape index (κ3) is 2.22.